The Bertz CT molecular complexity index is 508. The van der Waals surface area contributed by atoms with Gasteiger partial charge < -0.3 is 5.32 Å². The van der Waals surface area contributed by atoms with E-state index in [0.717, 1.165) is 33.6 Å². The second kappa shape index (κ2) is 5.44. The summed E-state index contributed by atoms with van der Waals surface area (Å²) in [6.07, 6.45) is 7.32. The summed E-state index contributed by atoms with van der Waals surface area (Å²) in [6.45, 7) is 2.14. The van der Waals surface area contributed by atoms with Gasteiger partial charge in [0.05, 0.1) is 9.77 Å². The largest absolute Gasteiger partial charge is 0.373 e. The van der Waals surface area contributed by atoms with Gasteiger partial charge in [0.25, 0.3) is 0 Å². The third kappa shape index (κ3) is 2.56. The molecule has 0 bridgehead atoms. The van der Waals surface area contributed by atoms with E-state index in [1.807, 2.05) is 19.4 Å². The molecule has 0 saturated carbocycles. The van der Waals surface area contributed by atoms with E-state index in [9.17, 15) is 0 Å². The van der Waals surface area contributed by atoms with Crippen molar-refractivity contribution in [3.8, 4) is 5.82 Å². The third-order valence-electron chi connectivity index (χ3n) is 2.43. The Labute approximate surface area is 114 Å². The van der Waals surface area contributed by atoms with E-state index < -0.39 is 0 Å². The van der Waals surface area contributed by atoms with Crippen LogP contribution >= 0.6 is 22.6 Å². The number of hydrogen-bond donors (Lipinski definition) is 1. The number of hydrogen-bond acceptors (Lipinski definition) is 4. The number of nitrogens with zero attached hydrogens (tertiary/aromatic N) is 4. The molecule has 0 fully saturated rings. The van der Waals surface area contributed by atoms with E-state index in [2.05, 4.69) is 49.9 Å². The molecule has 90 valence electrons. The molecular formula is C11H14IN5. The van der Waals surface area contributed by atoms with Crippen LogP contribution < -0.4 is 5.32 Å². The van der Waals surface area contributed by atoms with E-state index in [1.165, 1.54) is 0 Å². The average molecular weight is 343 g/mol. The lowest BCUT2D eigenvalue weighted by Gasteiger charge is -2.11. The van der Waals surface area contributed by atoms with Crippen LogP contribution in [0.15, 0.2) is 18.7 Å². The van der Waals surface area contributed by atoms with Gasteiger partial charge >= 0.3 is 0 Å². The molecular weight excluding hydrogens is 329 g/mol. The maximum Gasteiger partial charge on any atom is 0.162 e. The molecule has 2 heterocycles. The van der Waals surface area contributed by atoms with Crippen molar-refractivity contribution in [2.45, 2.75) is 19.8 Å². The second-order valence-corrected chi connectivity index (χ2v) is 4.87. The summed E-state index contributed by atoms with van der Waals surface area (Å²) >= 11 is 2.24. The van der Waals surface area contributed by atoms with Crippen molar-refractivity contribution < 1.29 is 0 Å². The van der Waals surface area contributed by atoms with Crippen molar-refractivity contribution in [2.24, 2.45) is 0 Å². The molecule has 6 heteroatoms. The van der Waals surface area contributed by atoms with Crippen LogP contribution in [0.2, 0.25) is 0 Å². The molecule has 0 amide bonds. The third-order valence-corrected chi connectivity index (χ3v) is 2.98. The van der Waals surface area contributed by atoms with Gasteiger partial charge in [0.2, 0.25) is 0 Å². The molecule has 0 spiro atoms. The average Bonchev–Trinajstić information content (AvgIpc) is 2.76. The van der Waals surface area contributed by atoms with Crippen molar-refractivity contribution in [3.05, 3.63) is 27.9 Å². The van der Waals surface area contributed by atoms with Gasteiger partial charge in [0, 0.05) is 18.8 Å². The second-order valence-electron chi connectivity index (χ2n) is 3.63. The molecule has 0 atom stereocenters. The highest BCUT2D eigenvalue weighted by Gasteiger charge is 2.12. The molecule has 2 aromatic rings. The van der Waals surface area contributed by atoms with Gasteiger partial charge in [-0.25, -0.2) is 14.6 Å². The fraction of sp³-hybridized carbons (Fsp3) is 0.364. The minimum absolute atomic E-state index is 0.856. The van der Waals surface area contributed by atoms with Crippen molar-refractivity contribution in [3.63, 3.8) is 0 Å². The van der Waals surface area contributed by atoms with Gasteiger partial charge in [-0.2, -0.15) is 5.10 Å². The quantitative estimate of drug-likeness (QED) is 0.866. The molecule has 0 aliphatic heterocycles. The number of rotatable bonds is 4. The Balaban J connectivity index is 2.52. The predicted octanol–water partition coefficient (Wildman–Crippen LogP) is 2.26. The predicted molar refractivity (Wildman–Crippen MR) is 75.4 cm³/mol. The Morgan fingerprint density at radius 1 is 1.41 bits per heavy atom. The van der Waals surface area contributed by atoms with Crippen LogP contribution in [0.5, 0.6) is 0 Å². The zero-order valence-electron chi connectivity index (χ0n) is 9.81. The number of aromatic nitrogens is 4. The topological polar surface area (TPSA) is 55.6 Å². The van der Waals surface area contributed by atoms with E-state index in [-0.39, 0.29) is 0 Å². The van der Waals surface area contributed by atoms with Gasteiger partial charge in [-0.3, -0.25) is 0 Å². The minimum atomic E-state index is 0.856. The fourth-order valence-electron chi connectivity index (χ4n) is 1.71. The molecule has 2 aromatic heterocycles. The molecule has 0 unspecified atom stereocenters. The molecule has 5 nitrogen and oxygen atoms in total. The lowest BCUT2D eigenvalue weighted by Crippen LogP contribution is -2.08. The highest BCUT2D eigenvalue weighted by Crippen LogP contribution is 2.20. The lowest BCUT2D eigenvalue weighted by atomic mass is 10.1. The highest BCUT2D eigenvalue weighted by molar-refractivity contribution is 14.1. The normalized spacial score (nSPS) is 10.5. The molecule has 17 heavy (non-hydrogen) atoms. The van der Waals surface area contributed by atoms with Gasteiger partial charge in [-0.15, -0.1) is 0 Å². The van der Waals surface area contributed by atoms with Gasteiger partial charge in [-0.1, -0.05) is 13.3 Å². The smallest absolute Gasteiger partial charge is 0.162 e. The van der Waals surface area contributed by atoms with Crippen LogP contribution in [-0.2, 0) is 6.42 Å². The first-order valence-corrected chi connectivity index (χ1v) is 6.56. The number of nitrogens with one attached hydrogen (secondary N) is 1. The minimum Gasteiger partial charge on any atom is -0.373 e. The summed E-state index contributed by atoms with van der Waals surface area (Å²) in [5.74, 6) is 1.73. The van der Waals surface area contributed by atoms with Crippen molar-refractivity contribution in [1.82, 2.24) is 19.7 Å². The molecule has 0 aliphatic carbocycles. The van der Waals surface area contributed by atoms with Gasteiger partial charge in [-0.05, 0) is 29.0 Å². The first-order valence-electron chi connectivity index (χ1n) is 5.48. The molecule has 0 radical (unpaired) electrons. The van der Waals surface area contributed by atoms with Gasteiger partial charge in [0.15, 0.2) is 5.82 Å². The van der Waals surface area contributed by atoms with Crippen LogP contribution in [0.25, 0.3) is 5.82 Å². The lowest BCUT2D eigenvalue weighted by molar-refractivity contribution is 0.800. The molecule has 1 N–H and O–H groups in total. The fourth-order valence-corrected chi connectivity index (χ4v) is 2.10. The van der Waals surface area contributed by atoms with Crippen LogP contribution in [0.3, 0.4) is 0 Å². The zero-order chi connectivity index (χ0) is 12.3. The Morgan fingerprint density at radius 2 is 2.24 bits per heavy atom. The van der Waals surface area contributed by atoms with E-state index in [1.54, 1.807) is 11.0 Å². The summed E-state index contributed by atoms with van der Waals surface area (Å²) in [5.41, 5.74) is 1.11. The van der Waals surface area contributed by atoms with Crippen LogP contribution in [0.1, 0.15) is 18.9 Å². The van der Waals surface area contributed by atoms with Crippen molar-refractivity contribution >= 4 is 28.4 Å². The van der Waals surface area contributed by atoms with E-state index >= 15 is 0 Å². The number of anilines is 1. The summed E-state index contributed by atoms with van der Waals surface area (Å²) in [6, 6.07) is 0. The first-order chi connectivity index (χ1) is 8.26. The maximum atomic E-state index is 4.34. The van der Waals surface area contributed by atoms with Crippen molar-refractivity contribution in [1.29, 1.82) is 0 Å². The van der Waals surface area contributed by atoms with E-state index in [4.69, 9.17) is 0 Å². The Morgan fingerprint density at radius 3 is 2.82 bits per heavy atom. The summed E-state index contributed by atoms with van der Waals surface area (Å²) in [5, 5.41) is 7.40. The van der Waals surface area contributed by atoms with E-state index in [0.29, 0.717) is 0 Å². The SMILES string of the molecule is CCCc1c(NC)ncnc1-n1cc(I)cn1. The zero-order valence-corrected chi connectivity index (χ0v) is 12.0. The standard InChI is InChI=1S/C11H14IN5/c1-3-4-9-10(13-2)14-7-15-11(9)17-6-8(12)5-16-17/h5-7H,3-4H2,1-2H3,(H,13,14,15). The molecule has 0 aliphatic rings. The molecule has 0 saturated heterocycles. The molecule has 0 aromatic carbocycles. The highest BCUT2D eigenvalue weighted by atomic mass is 127. The summed E-state index contributed by atoms with van der Waals surface area (Å²) in [4.78, 5) is 8.58. The van der Waals surface area contributed by atoms with Crippen LogP contribution in [0, 0.1) is 3.57 Å². The summed E-state index contributed by atoms with van der Waals surface area (Å²) < 4.78 is 2.89. The molecule has 2 rings (SSSR count). The van der Waals surface area contributed by atoms with Crippen LogP contribution in [-0.4, -0.2) is 26.8 Å². The summed E-state index contributed by atoms with van der Waals surface area (Å²) in [7, 11) is 1.87. The monoisotopic (exact) mass is 343 g/mol. The van der Waals surface area contributed by atoms with Crippen LogP contribution in [0.4, 0.5) is 5.82 Å². The Kier molecular flexibility index (Phi) is 3.93. The maximum absolute atomic E-state index is 4.34. The van der Waals surface area contributed by atoms with Gasteiger partial charge in [0.1, 0.15) is 12.1 Å². The first kappa shape index (κ1) is 12.3. The van der Waals surface area contributed by atoms with Crippen molar-refractivity contribution in [2.75, 3.05) is 12.4 Å². The Hall–Kier alpha value is -1.18. The number of halogens is 1.